The van der Waals surface area contributed by atoms with Crippen molar-refractivity contribution in [2.75, 3.05) is 23.9 Å². The van der Waals surface area contributed by atoms with Gasteiger partial charge in [0.05, 0.1) is 23.3 Å². The predicted octanol–water partition coefficient (Wildman–Crippen LogP) is 1.82. The van der Waals surface area contributed by atoms with Crippen molar-refractivity contribution in [2.45, 2.75) is 31.9 Å². The first-order chi connectivity index (χ1) is 9.56. The van der Waals surface area contributed by atoms with Crippen LogP contribution in [0.25, 0.3) is 0 Å². The number of nitrogens with one attached hydrogen (secondary N) is 1. The number of benzene rings is 1. The smallest absolute Gasteiger partial charge is 0.225 e. The SMILES string of the molecule is COc1ccc(N)cc1NC(=O)CCS(=O)(=O)C(C)(C)C. The molecule has 0 unspecified atom stereocenters. The fraction of sp³-hybridized carbons (Fsp3) is 0.500. The summed E-state index contributed by atoms with van der Waals surface area (Å²) in [7, 11) is -1.85. The molecular weight excluding hydrogens is 292 g/mol. The van der Waals surface area contributed by atoms with E-state index in [-0.39, 0.29) is 12.2 Å². The Balaban J connectivity index is 2.74. The molecule has 0 radical (unpaired) electrons. The number of methoxy groups -OCH3 is 1. The van der Waals surface area contributed by atoms with Gasteiger partial charge >= 0.3 is 0 Å². The summed E-state index contributed by atoms with van der Waals surface area (Å²) in [6.45, 7) is 4.84. The number of ether oxygens (including phenoxy) is 1. The quantitative estimate of drug-likeness (QED) is 0.808. The third kappa shape index (κ3) is 4.63. The lowest BCUT2D eigenvalue weighted by Crippen LogP contribution is -2.32. The Bertz CT molecular complexity index is 618. The molecule has 0 saturated heterocycles. The standard InChI is InChI=1S/C14H22N2O4S/c1-14(2,3)21(18,19)8-7-13(17)16-11-9-10(15)5-6-12(11)20-4/h5-6,9H,7-8,15H2,1-4H3,(H,16,17). The number of nitrogen functional groups attached to an aromatic ring is 1. The van der Waals surface area contributed by atoms with Gasteiger partial charge in [0.15, 0.2) is 9.84 Å². The molecule has 0 aliphatic heterocycles. The molecular formula is C14H22N2O4S. The number of hydrogen-bond acceptors (Lipinski definition) is 5. The van der Waals surface area contributed by atoms with Gasteiger partial charge in [0, 0.05) is 12.1 Å². The zero-order valence-electron chi connectivity index (χ0n) is 12.8. The van der Waals surface area contributed by atoms with Gasteiger partial charge in [-0.1, -0.05) is 0 Å². The average Bonchev–Trinajstić information content (AvgIpc) is 2.35. The molecule has 6 nitrogen and oxygen atoms in total. The van der Waals surface area contributed by atoms with Crippen molar-refractivity contribution < 1.29 is 17.9 Å². The van der Waals surface area contributed by atoms with Crippen LogP contribution >= 0.6 is 0 Å². The number of carbonyl (C=O) groups excluding carboxylic acids is 1. The molecule has 0 aromatic heterocycles. The number of rotatable bonds is 5. The Hall–Kier alpha value is -1.76. The van der Waals surface area contributed by atoms with Crippen LogP contribution in [-0.4, -0.2) is 31.9 Å². The highest BCUT2D eigenvalue weighted by Gasteiger charge is 2.29. The molecule has 1 amide bonds. The molecule has 0 aliphatic rings. The molecule has 3 N–H and O–H groups in total. The van der Waals surface area contributed by atoms with Crippen molar-refractivity contribution in [1.82, 2.24) is 0 Å². The van der Waals surface area contributed by atoms with E-state index in [9.17, 15) is 13.2 Å². The molecule has 118 valence electrons. The van der Waals surface area contributed by atoms with E-state index in [4.69, 9.17) is 10.5 Å². The summed E-state index contributed by atoms with van der Waals surface area (Å²) in [4.78, 5) is 11.9. The second kappa shape index (κ2) is 6.34. The summed E-state index contributed by atoms with van der Waals surface area (Å²) in [5.74, 6) is -0.129. The maximum absolute atomic E-state index is 12.0. The summed E-state index contributed by atoms with van der Waals surface area (Å²) >= 11 is 0. The zero-order valence-corrected chi connectivity index (χ0v) is 13.6. The molecule has 1 rings (SSSR count). The lowest BCUT2D eigenvalue weighted by atomic mass is 10.2. The number of hydrogen-bond donors (Lipinski definition) is 2. The monoisotopic (exact) mass is 314 g/mol. The summed E-state index contributed by atoms with van der Waals surface area (Å²) in [5, 5.41) is 2.62. The van der Waals surface area contributed by atoms with Crippen LogP contribution in [0.2, 0.25) is 0 Å². The molecule has 1 aromatic rings. The van der Waals surface area contributed by atoms with Gasteiger partial charge in [-0.2, -0.15) is 0 Å². The van der Waals surface area contributed by atoms with Gasteiger partial charge in [0.1, 0.15) is 5.75 Å². The van der Waals surface area contributed by atoms with Crippen molar-refractivity contribution in [1.29, 1.82) is 0 Å². The van der Waals surface area contributed by atoms with Gasteiger partial charge in [-0.15, -0.1) is 0 Å². The van der Waals surface area contributed by atoms with Crippen molar-refractivity contribution >= 4 is 27.1 Å². The first kappa shape index (κ1) is 17.3. The molecule has 1 aromatic carbocycles. The molecule has 0 aliphatic carbocycles. The van der Waals surface area contributed by atoms with Crippen LogP contribution in [-0.2, 0) is 14.6 Å². The highest BCUT2D eigenvalue weighted by Crippen LogP contribution is 2.26. The van der Waals surface area contributed by atoms with Crippen LogP contribution in [0.4, 0.5) is 11.4 Å². The summed E-state index contributed by atoms with van der Waals surface area (Å²) < 4.78 is 28.2. The van der Waals surface area contributed by atoms with E-state index in [1.54, 1.807) is 39.0 Å². The number of anilines is 2. The Morgan fingerprint density at radius 1 is 1.33 bits per heavy atom. The second-order valence-electron chi connectivity index (χ2n) is 5.69. The second-order valence-corrected chi connectivity index (χ2v) is 8.55. The highest BCUT2D eigenvalue weighted by atomic mass is 32.2. The largest absolute Gasteiger partial charge is 0.495 e. The molecule has 0 atom stereocenters. The highest BCUT2D eigenvalue weighted by molar-refractivity contribution is 7.92. The minimum atomic E-state index is -3.33. The van der Waals surface area contributed by atoms with Gasteiger partial charge in [-0.25, -0.2) is 8.42 Å². The average molecular weight is 314 g/mol. The maximum Gasteiger partial charge on any atom is 0.225 e. The van der Waals surface area contributed by atoms with Crippen molar-refractivity contribution in [3.63, 3.8) is 0 Å². The van der Waals surface area contributed by atoms with Crippen LogP contribution in [0.1, 0.15) is 27.2 Å². The van der Waals surface area contributed by atoms with Crippen molar-refractivity contribution in [3.8, 4) is 5.75 Å². The van der Waals surface area contributed by atoms with Crippen molar-refractivity contribution in [2.24, 2.45) is 0 Å². The molecule has 0 saturated carbocycles. The molecule has 0 bridgehead atoms. The van der Waals surface area contributed by atoms with Crippen LogP contribution in [0.3, 0.4) is 0 Å². The van der Waals surface area contributed by atoms with Gasteiger partial charge in [-0.05, 0) is 39.0 Å². The molecule has 0 spiro atoms. The van der Waals surface area contributed by atoms with Gasteiger partial charge in [0.2, 0.25) is 5.91 Å². The van der Waals surface area contributed by atoms with E-state index in [0.717, 1.165) is 0 Å². The van der Waals surface area contributed by atoms with E-state index in [1.165, 1.54) is 7.11 Å². The number of sulfone groups is 1. The number of amides is 1. The predicted molar refractivity (Wildman–Crippen MR) is 84.2 cm³/mol. The van der Waals surface area contributed by atoms with Crippen molar-refractivity contribution in [3.05, 3.63) is 18.2 Å². The van der Waals surface area contributed by atoms with Crippen LogP contribution in [0.5, 0.6) is 5.75 Å². The van der Waals surface area contributed by atoms with E-state index >= 15 is 0 Å². The summed E-state index contributed by atoms with van der Waals surface area (Å²) in [5.41, 5.74) is 6.56. The first-order valence-corrected chi connectivity index (χ1v) is 8.18. The Labute approximate surface area is 125 Å². The number of carbonyl (C=O) groups is 1. The van der Waals surface area contributed by atoms with E-state index < -0.39 is 20.5 Å². The third-order valence-corrected chi connectivity index (χ3v) is 5.64. The minimum absolute atomic E-state index is 0.114. The number of nitrogens with two attached hydrogens (primary N) is 1. The first-order valence-electron chi connectivity index (χ1n) is 6.52. The molecule has 21 heavy (non-hydrogen) atoms. The fourth-order valence-electron chi connectivity index (χ4n) is 1.57. The molecule has 7 heteroatoms. The molecule has 0 fully saturated rings. The lowest BCUT2D eigenvalue weighted by Gasteiger charge is -2.19. The van der Waals surface area contributed by atoms with E-state index in [0.29, 0.717) is 17.1 Å². The van der Waals surface area contributed by atoms with Crippen LogP contribution < -0.4 is 15.8 Å². The molecule has 0 heterocycles. The third-order valence-electron chi connectivity index (χ3n) is 3.03. The normalized spacial score (nSPS) is 12.0. The maximum atomic E-state index is 12.0. The van der Waals surface area contributed by atoms with Crippen LogP contribution in [0.15, 0.2) is 18.2 Å². The van der Waals surface area contributed by atoms with Gasteiger partial charge in [0.25, 0.3) is 0 Å². The zero-order chi connectivity index (χ0) is 16.3. The minimum Gasteiger partial charge on any atom is -0.495 e. The Kier molecular flexibility index (Phi) is 5.22. The summed E-state index contributed by atoms with van der Waals surface area (Å²) in [6, 6.07) is 4.85. The fourth-order valence-corrected chi connectivity index (χ4v) is 2.64. The van der Waals surface area contributed by atoms with Crippen LogP contribution in [0, 0.1) is 0 Å². The van der Waals surface area contributed by atoms with E-state index in [1.807, 2.05) is 0 Å². The topological polar surface area (TPSA) is 98.5 Å². The van der Waals surface area contributed by atoms with Gasteiger partial charge < -0.3 is 15.8 Å². The van der Waals surface area contributed by atoms with Gasteiger partial charge in [-0.3, -0.25) is 4.79 Å². The lowest BCUT2D eigenvalue weighted by molar-refractivity contribution is -0.115. The van der Waals surface area contributed by atoms with E-state index in [2.05, 4.69) is 5.32 Å². The summed E-state index contributed by atoms with van der Waals surface area (Å²) in [6.07, 6.45) is -0.114. The Morgan fingerprint density at radius 2 is 1.95 bits per heavy atom. The Morgan fingerprint density at radius 3 is 2.48 bits per heavy atom.